The molecule has 4 N–H and O–H groups in total. The van der Waals surface area contributed by atoms with E-state index >= 15 is 0 Å². The van der Waals surface area contributed by atoms with Crippen molar-refractivity contribution >= 4 is 41.5 Å². The number of likely N-dealkylation sites (N-methyl/N-ethyl adjacent to an activating group) is 2. The number of ether oxygens (including phenoxy) is 3. The van der Waals surface area contributed by atoms with Crippen molar-refractivity contribution in [3.8, 4) is 0 Å². The van der Waals surface area contributed by atoms with E-state index in [0.29, 0.717) is 32.4 Å². The molecule has 1 heterocycles. The monoisotopic (exact) mass is 919 g/mol. The Bertz CT molecular complexity index is 1680. The zero-order valence-electron chi connectivity index (χ0n) is 40.8. The number of carbonyl (C=O) groups excluding carboxylic acids is 5. The Labute approximate surface area is 386 Å². The first-order chi connectivity index (χ1) is 30.6. The third-order valence-corrected chi connectivity index (χ3v) is 12.6. The van der Waals surface area contributed by atoms with Crippen LogP contribution in [0.2, 0.25) is 0 Å². The molecule has 1 saturated heterocycles. The average molecular weight is 919 g/mol. The summed E-state index contributed by atoms with van der Waals surface area (Å²) >= 11 is 0. The summed E-state index contributed by atoms with van der Waals surface area (Å²) in [5, 5.41) is 24.2. The standard InChI is InChI=1S/C47H78N6O12/c1-13-31(7)42(51(10)46(61)40(29(3)4)49-45(60)41(30(5)6)50(9)14-2)36(63-11)26-37(54)53-22-18-21-35(53)43(64-12)32(8)44(59)48-34(25-33-19-16-15-17-20-33)47(62)65-24-23-52(27-38(55)56)28-39(57)58/h15-17,19-20,29-32,34-36,40-43H,13-14,18,21-28H2,1-12H3,(H,48,59)(H,49,60)(H,55,56)(H,57,58)/t31?,32?,34?,35-,36?,40-,41?,42-,43+/m0/s1. The molecule has 18 nitrogen and oxygen atoms in total. The van der Waals surface area contributed by atoms with Gasteiger partial charge in [-0.3, -0.25) is 38.6 Å². The highest BCUT2D eigenvalue weighted by atomic mass is 16.5. The van der Waals surface area contributed by atoms with Crippen LogP contribution in [-0.4, -0.2) is 181 Å². The molecule has 0 spiro atoms. The van der Waals surface area contributed by atoms with Gasteiger partial charge in [0.25, 0.3) is 0 Å². The van der Waals surface area contributed by atoms with Crippen molar-refractivity contribution in [3.63, 3.8) is 0 Å². The highest BCUT2D eigenvalue weighted by molar-refractivity contribution is 5.90. The number of benzene rings is 1. The summed E-state index contributed by atoms with van der Waals surface area (Å²) in [7, 11) is 6.57. The Morgan fingerprint density at radius 3 is 1.97 bits per heavy atom. The number of hydrogen-bond acceptors (Lipinski definition) is 12. The topological polar surface area (TPSA) is 225 Å². The van der Waals surface area contributed by atoms with Crippen LogP contribution in [0.1, 0.15) is 86.6 Å². The van der Waals surface area contributed by atoms with E-state index in [1.807, 2.05) is 66.5 Å². The first-order valence-electron chi connectivity index (χ1n) is 22.9. The number of likely N-dealkylation sites (tertiary alicyclic amines) is 1. The lowest BCUT2D eigenvalue weighted by Crippen LogP contribution is -2.60. The molecular weight excluding hydrogens is 841 g/mol. The van der Waals surface area contributed by atoms with Gasteiger partial charge in [-0.25, -0.2) is 4.79 Å². The summed E-state index contributed by atoms with van der Waals surface area (Å²) in [6.07, 6.45) is 0.408. The number of carboxylic acid groups (broad SMARTS) is 2. The van der Waals surface area contributed by atoms with Gasteiger partial charge in [-0.1, -0.05) is 92.1 Å². The number of carboxylic acids is 2. The number of amides is 4. The summed E-state index contributed by atoms with van der Waals surface area (Å²) in [5.74, 6) is -5.67. The van der Waals surface area contributed by atoms with Gasteiger partial charge >= 0.3 is 17.9 Å². The van der Waals surface area contributed by atoms with Crippen molar-refractivity contribution in [3.05, 3.63) is 35.9 Å². The number of nitrogens with zero attached hydrogens (tertiary/aromatic N) is 4. The van der Waals surface area contributed by atoms with Crippen LogP contribution >= 0.6 is 0 Å². The van der Waals surface area contributed by atoms with Crippen molar-refractivity contribution < 1.29 is 58.0 Å². The number of rotatable bonds is 29. The average Bonchev–Trinajstić information content (AvgIpc) is 3.74. The van der Waals surface area contributed by atoms with E-state index in [-0.39, 0.29) is 61.5 Å². The lowest BCUT2D eigenvalue weighted by atomic mass is 9.89. The highest BCUT2D eigenvalue weighted by Gasteiger charge is 2.43. The fourth-order valence-corrected chi connectivity index (χ4v) is 8.81. The molecule has 65 heavy (non-hydrogen) atoms. The largest absolute Gasteiger partial charge is 0.480 e. The van der Waals surface area contributed by atoms with Gasteiger partial charge in [0.05, 0.1) is 55.8 Å². The van der Waals surface area contributed by atoms with Gasteiger partial charge in [-0.2, -0.15) is 0 Å². The smallest absolute Gasteiger partial charge is 0.329 e. The first kappa shape index (κ1) is 56.5. The van der Waals surface area contributed by atoms with E-state index in [0.717, 1.165) is 10.5 Å². The quantitative estimate of drug-likeness (QED) is 0.0849. The van der Waals surface area contributed by atoms with Gasteiger partial charge in [0.15, 0.2) is 0 Å². The van der Waals surface area contributed by atoms with Crippen molar-refractivity contribution in [2.24, 2.45) is 23.7 Å². The SMILES string of the molecule is CCC(C)[C@@H](C(CC(=O)N1CCC[C@H]1[C@H](OC)C(C)C(=O)NC(Cc1ccccc1)C(=O)OCCN(CC(=O)O)CC(=O)O)OC)N(C)C(=O)[C@@H](NC(=O)C(C(C)C)N(C)CC)C(C)C. The Balaban J connectivity index is 2.31. The summed E-state index contributed by atoms with van der Waals surface area (Å²) in [4.78, 5) is 98.9. The number of aliphatic carboxylic acids is 2. The molecule has 5 unspecified atom stereocenters. The van der Waals surface area contributed by atoms with Gasteiger partial charge in [-0.15, -0.1) is 0 Å². The summed E-state index contributed by atoms with van der Waals surface area (Å²) in [5.41, 5.74) is 0.733. The van der Waals surface area contributed by atoms with E-state index in [1.165, 1.54) is 14.2 Å². The van der Waals surface area contributed by atoms with Crippen LogP contribution in [0.3, 0.4) is 0 Å². The zero-order chi connectivity index (χ0) is 49.1. The molecule has 1 aromatic carbocycles. The van der Waals surface area contributed by atoms with Gasteiger partial charge < -0.3 is 44.9 Å². The van der Waals surface area contributed by atoms with E-state index in [9.17, 15) is 43.8 Å². The zero-order valence-corrected chi connectivity index (χ0v) is 40.8. The number of esters is 1. The normalized spacial score (nSPS) is 17.8. The van der Waals surface area contributed by atoms with Crippen LogP contribution in [0.4, 0.5) is 0 Å². The van der Waals surface area contributed by atoms with Crippen LogP contribution in [0, 0.1) is 23.7 Å². The van der Waals surface area contributed by atoms with E-state index < -0.39 is 85.2 Å². The summed E-state index contributed by atoms with van der Waals surface area (Å²) in [6, 6.07) is 5.55. The molecule has 0 aliphatic carbocycles. The minimum Gasteiger partial charge on any atom is -0.480 e. The van der Waals surface area contributed by atoms with E-state index in [2.05, 4.69) is 10.6 Å². The summed E-state index contributed by atoms with van der Waals surface area (Å²) < 4.78 is 17.5. The molecule has 2 rings (SSSR count). The molecule has 1 aliphatic rings. The molecular formula is C47H78N6O12. The predicted octanol–water partition coefficient (Wildman–Crippen LogP) is 2.77. The molecule has 9 atom stereocenters. The maximum absolute atomic E-state index is 14.4. The maximum Gasteiger partial charge on any atom is 0.329 e. The maximum atomic E-state index is 14.4. The minimum atomic E-state index is -1.24. The van der Waals surface area contributed by atoms with Crippen molar-refractivity contribution in [1.29, 1.82) is 0 Å². The fourth-order valence-electron chi connectivity index (χ4n) is 8.81. The molecule has 0 aromatic heterocycles. The fraction of sp³-hybridized carbons (Fsp3) is 0.723. The highest BCUT2D eigenvalue weighted by Crippen LogP contribution is 2.30. The molecule has 1 aromatic rings. The Morgan fingerprint density at radius 1 is 0.846 bits per heavy atom. The molecule has 0 bridgehead atoms. The third-order valence-electron chi connectivity index (χ3n) is 12.6. The number of nitrogens with one attached hydrogen (secondary N) is 2. The molecule has 1 fully saturated rings. The lowest BCUT2D eigenvalue weighted by Gasteiger charge is -2.41. The van der Waals surface area contributed by atoms with E-state index in [4.69, 9.17) is 14.2 Å². The van der Waals surface area contributed by atoms with Crippen LogP contribution in [0.15, 0.2) is 30.3 Å². The molecule has 0 radical (unpaired) electrons. The van der Waals surface area contributed by atoms with Crippen LogP contribution < -0.4 is 10.6 Å². The molecule has 18 heteroatoms. The van der Waals surface area contributed by atoms with Gasteiger partial charge in [0, 0.05) is 40.8 Å². The molecule has 0 saturated carbocycles. The van der Waals surface area contributed by atoms with Crippen LogP contribution in [-0.2, 0) is 54.2 Å². The number of hydrogen-bond donors (Lipinski definition) is 4. The van der Waals surface area contributed by atoms with Crippen molar-refractivity contribution in [2.75, 3.05) is 67.6 Å². The number of carbonyl (C=O) groups is 7. The van der Waals surface area contributed by atoms with Crippen molar-refractivity contribution in [2.45, 2.75) is 130 Å². The summed E-state index contributed by atoms with van der Waals surface area (Å²) in [6.45, 7) is 14.9. The second-order valence-corrected chi connectivity index (χ2v) is 18.0. The Morgan fingerprint density at radius 2 is 1.46 bits per heavy atom. The van der Waals surface area contributed by atoms with Gasteiger partial charge in [0.1, 0.15) is 18.7 Å². The predicted molar refractivity (Wildman–Crippen MR) is 245 cm³/mol. The Kier molecular flexibility index (Phi) is 24.1. The minimum absolute atomic E-state index is 0.0120. The lowest BCUT2D eigenvalue weighted by molar-refractivity contribution is -0.150. The molecule has 1 aliphatic heterocycles. The number of methoxy groups -OCH3 is 2. The van der Waals surface area contributed by atoms with Gasteiger partial charge in [-0.05, 0) is 49.8 Å². The van der Waals surface area contributed by atoms with Gasteiger partial charge in [0.2, 0.25) is 23.6 Å². The Hall–Kier alpha value is -4.65. The molecule has 368 valence electrons. The second-order valence-electron chi connectivity index (χ2n) is 18.0. The van der Waals surface area contributed by atoms with Crippen LogP contribution in [0.5, 0.6) is 0 Å². The first-order valence-corrected chi connectivity index (χ1v) is 22.9. The second kappa shape index (κ2) is 27.7. The third kappa shape index (κ3) is 16.9. The van der Waals surface area contributed by atoms with Crippen molar-refractivity contribution in [1.82, 2.24) is 30.2 Å². The van der Waals surface area contributed by atoms with E-state index in [1.54, 1.807) is 48.0 Å². The molecule has 4 amide bonds. The van der Waals surface area contributed by atoms with Crippen LogP contribution in [0.25, 0.3) is 0 Å².